The van der Waals surface area contributed by atoms with Gasteiger partial charge in [-0.25, -0.2) is 0 Å². The zero-order valence-electron chi connectivity index (χ0n) is 11.4. The van der Waals surface area contributed by atoms with Crippen LogP contribution < -0.4 is 0 Å². The van der Waals surface area contributed by atoms with Crippen molar-refractivity contribution in [3.8, 4) is 0 Å². The molecule has 1 aliphatic carbocycles. The molecule has 0 radical (unpaired) electrons. The first-order chi connectivity index (χ1) is 8.17. The van der Waals surface area contributed by atoms with Crippen LogP contribution in [0.4, 0.5) is 0 Å². The molecule has 2 fully saturated rings. The van der Waals surface area contributed by atoms with Gasteiger partial charge in [-0.15, -0.1) is 0 Å². The molecule has 3 unspecified atom stereocenters. The van der Waals surface area contributed by atoms with Gasteiger partial charge in [0.05, 0.1) is 22.5 Å². The van der Waals surface area contributed by atoms with E-state index in [1.807, 2.05) is 0 Å². The minimum Gasteiger partial charge on any atom is -0.370 e. The third-order valence-electron chi connectivity index (χ3n) is 4.02. The SMILES string of the molecule is CCOC([SiH3])(CCC1CCC2OC2C1)OCC. The van der Waals surface area contributed by atoms with Crippen molar-refractivity contribution in [2.75, 3.05) is 13.2 Å². The molecule has 1 heterocycles. The lowest BCUT2D eigenvalue weighted by Crippen LogP contribution is -2.37. The first kappa shape index (κ1) is 13.5. The molecular formula is C13H26O3Si. The highest BCUT2D eigenvalue weighted by atomic mass is 28.1. The van der Waals surface area contributed by atoms with Crippen LogP contribution >= 0.6 is 0 Å². The fourth-order valence-corrected chi connectivity index (χ4v) is 3.88. The van der Waals surface area contributed by atoms with Crippen LogP contribution in [-0.2, 0) is 14.2 Å². The van der Waals surface area contributed by atoms with Crippen molar-refractivity contribution < 1.29 is 14.2 Å². The fourth-order valence-electron chi connectivity index (χ4n) is 3.01. The number of epoxide rings is 1. The molecular weight excluding hydrogens is 232 g/mol. The second kappa shape index (κ2) is 5.82. The average Bonchev–Trinajstić information content (AvgIpc) is 3.05. The van der Waals surface area contributed by atoms with Gasteiger partial charge in [0.25, 0.3) is 0 Å². The molecule has 0 N–H and O–H groups in total. The highest BCUT2D eigenvalue weighted by molar-refractivity contribution is 6.13. The van der Waals surface area contributed by atoms with Crippen molar-refractivity contribution in [3.05, 3.63) is 0 Å². The smallest absolute Gasteiger partial charge is 0.141 e. The molecule has 1 saturated carbocycles. The topological polar surface area (TPSA) is 31.0 Å². The van der Waals surface area contributed by atoms with Crippen molar-refractivity contribution in [2.24, 2.45) is 5.92 Å². The van der Waals surface area contributed by atoms with Crippen molar-refractivity contribution in [1.29, 1.82) is 0 Å². The minimum absolute atomic E-state index is 0.245. The normalized spacial score (nSPS) is 32.5. The van der Waals surface area contributed by atoms with Crippen LogP contribution in [0, 0.1) is 5.92 Å². The summed E-state index contributed by atoms with van der Waals surface area (Å²) in [6.07, 6.45) is 7.37. The Bertz CT molecular complexity index is 241. The van der Waals surface area contributed by atoms with Gasteiger partial charge in [0.2, 0.25) is 0 Å². The Balaban J connectivity index is 1.73. The number of ether oxygens (including phenoxy) is 3. The summed E-state index contributed by atoms with van der Waals surface area (Å²) in [6.45, 7) is 5.60. The predicted molar refractivity (Wildman–Crippen MR) is 71.2 cm³/mol. The average molecular weight is 258 g/mol. The molecule has 100 valence electrons. The van der Waals surface area contributed by atoms with Crippen LogP contribution in [0.25, 0.3) is 0 Å². The Labute approximate surface area is 108 Å². The Morgan fingerprint density at radius 1 is 1.18 bits per heavy atom. The summed E-state index contributed by atoms with van der Waals surface area (Å²) in [5, 5.41) is 0. The third kappa shape index (κ3) is 3.78. The van der Waals surface area contributed by atoms with E-state index in [1.165, 1.54) is 25.7 Å². The molecule has 0 bridgehead atoms. The molecule has 1 saturated heterocycles. The van der Waals surface area contributed by atoms with E-state index >= 15 is 0 Å². The van der Waals surface area contributed by atoms with Crippen LogP contribution in [-0.4, -0.2) is 41.1 Å². The maximum Gasteiger partial charge on any atom is 0.141 e. The number of fused-ring (bicyclic) bond motifs is 1. The van der Waals surface area contributed by atoms with Crippen molar-refractivity contribution in [3.63, 3.8) is 0 Å². The summed E-state index contributed by atoms with van der Waals surface area (Å²) in [4.78, 5) is 0. The summed E-state index contributed by atoms with van der Waals surface area (Å²) >= 11 is 0. The lowest BCUT2D eigenvalue weighted by molar-refractivity contribution is -0.178. The molecule has 3 atom stereocenters. The molecule has 3 nitrogen and oxygen atoms in total. The van der Waals surface area contributed by atoms with E-state index in [0.717, 1.165) is 35.8 Å². The first-order valence-corrected chi connectivity index (χ1v) is 8.10. The minimum atomic E-state index is -0.245. The van der Waals surface area contributed by atoms with Gasteiger partial charge < -0.3 is 14.2 Å². The van der Waals surface area contributed by atoms with E-state index in [9.17, 15) is 0 Å². The lowest BCUT2D eigenvalue weighted by Gasteiger charge is -2.31. The highest BCUT2D eigenvalue weighted by Gasteiger charge is 2.44. The van der Waals surface area contributed by atoms with Gasteiger partial charge in [0.15, 0.2) is 0 Å². The van der Waals surface area contributed by atoms with Crippen LogP contribution in [0.1, 0.15) is 46.0 Å². The quantitative estimate of drug-likeness (QED) is 0.393. The van der Waals surface area contributed by atoms with Gasteiger partial charge in [-0.3, -0.25) is 0 Å². The van der Waals surface area contributed by atoms with Gasteiger partial charge >= 0.3 is 0 Å². The standard InChI is InChI=1S/C13H26O3Si/c1-3-14-13(17,15-4-2)8-7-10-5-6-11-12(9-10)16-11/h10-12H,3-9H2,1-2,17H3. The van der Waals surface area contributed by atoms with Crippen LogP contribution in [0.15, 0.2) is 0 Å². The van der Waals surface area contributed by atoms with Gasteiger partial charge in [-0.05, 0) is 51.9 Å². The molecule has 17 heavy (non-hydrogen) atoms. The Morgan fingerprint density at radius 3 is 2.47 bits per heavy atom. The van der Waals surface area contributed by atoms with E-state index in [2.05, 4.69) is 13.8 Å². The zero-order valence-corrected chi connectivity index (χ0v) is 13.4. The largest absolute Gasteiger partial charge is 0.370 e. The molecule has 2 aliphatic rings. The lowest BCUT2D eigenvalue weighted by atomic mass is 9.86. The Kier molecular flexibility index (Phi) is 4.63. The molecule has 0 aromatic rings. The van der Waals surface area contributed by atoms with Crippen molar-refractivity contribution in [1.82, 2.24) is 0 Å². The van der Waals surface area contributed by atoms with Crippen LogP contribution in [0.2, 0.25) is 0 Å². The molecule has 1 aliphatic heterocycles. The summed E-state index contributed by atoms with van der Waals surface area (Å²) in [5.41, 5.74) is -0.245. The number of hydrogen-bond donors (Lipinski definition) is 0. The van der Waals surface area contributed by atoms with E-state index in [-0.39, 0.29) is 5.41 Å². The zero-order chi connectivity index (χ0) is 12.3. The fraction of sp³-hybridized carbons (Fsp3) is 1.00. The number of rotatable bonds is 7. The van der Waals surface area contributed by atoms with Gasteiger partial charge in [-0.2, -0.15) is 0 Å². The van der Waals surface area contributed by atoms with Gasteiger partial charge in [0, 0.05) is 13.2 Å². The van der Waals surface area contributed by atoms with E-state index in [0.29, 0.717) is 12.2 Å². The summed E-state index contributed by atoms with van der Waals surface area (Å²) in [6, 6.07) is 0. The molecule has 4 heteroatoms. The maximum absolute atomic E-state index is 5.81. The molecule has 0 aromatic carbocycles. The van der Waals surface area contributed by atoms with E-state index < -0.39 is 0 Å². The van der Waals surface area contributed by atoms with E-state index in [1.54, 1.807) is 0 Å². The Morgan fingerprint density at radius 2 is 1.88 bits per heavy atom. The van der Waals surface area contributed by atoms with Crippen molar-refractivity contribution in [2.45, 2.75) is 63.6 Å². The summed E-state index contributed by atoms with van der Waals surface area (Å²) < 4.78 is 17.2. The molecule has 0 spiro atoms. The number of hydrogen-bond acceptors (Lipinski definition) is 3. The first-order valence-electron chi connectivity index (χ1n) is 7.10. The second-order valence-electron chi connectivity index (χ2n) is 5.43. The van der Waals surface area contributed by atoms with E-state index in [4.69, 9.17) is 14.2 Å². The van der Waals surface area contributed by atoms with Crippen LogP contribution in [0.5, 0.6) is 0 Å². The molecule has 0 aromatic heterocycles. The molecule has 0 amide bonds. The summed E-state index contributed by atoms with van der Waals surface area (Å²) in [7, 11) is 0.947. The van der Waals surface area contributed by atoms with Gasteiger partial charge in [0.1, 0.15) is 5.41 Å². The molecule has 2 rings (SSSR count). The second-order valence-corrected chi connectivity index (χ2v) is 6.95. The predicted octanol–water partition coefficient (Wildman–Crippen LogP) is 1.43. The van der Waals surface area contributed by atoms with Gasteiger partial charge in [-0.1, -0.05) is 0 Å². The van der Waals surface area contributed by atoms with Crippen LogP contribution in [0.3, 0.4) is 0 Å². The monoisotopic (exact) mass is 258 g/mol. The maximum atomic E-state index is 5.81. The highest BCUT2D eigenvalue weighted by Crippen LogP contribution is 2.41. The summed E-state index contributed by atoms with van der Waals surface area (Å²) in [5.74, 6) is 0.827. The van der Waals surface area contributed by atoms with Crippen molar-refractivity contribution >= 4 is 10.2 Å². The third-order valence-corrected chi connectivity index (χ3v) is 5.10. The Hall–Kier alpha value is 0.0969.